The molecule has 0 radical (unpaired) electrons. The highest BCUT2D eigenvalue weighted by molar-refractivity contribution is 5.88. The van der Waals surface area contributed by atoms with Gasteiger partial charge in [0.1, 0.15) is 11.6 Å². The van der Waals surface area contributed by atoms with E-state index in [1.54, 1.807) is 12.3 Å². The molecule has 0 aliphatic carbocycles. The molecule has 20 heavy (non-hydrogen) atoms. The second-order valence-electron chi connectivity index (χ2n) is 4.66. The molecule has 0 bridgehead atoms. The predicted octanol–water partition coefficient (Wildman–Crippen LogP) is 3.55. The van der Waals surface area contributed by atoms with Crippen LogP contribution in [-0.4, -0.2) is 17.1 Å². The molecule has 0 spiro atoms. The molecule has 0 saturated heterocycles. The highest BCUT2D eigenvalue weighted by Crippen LogP contribution is 2.17. The van der Waals surface area contributed by atoms with E-state index in [-0.39, 0.29) is 11.6 Å². The van der Waals surface area contributed by atoms with E-state index in [2.05, 4.69) is 5.32 Å². The molecule has 1 aromatic carbocycles. The van der Waals surface area contributed by atoms with Crippen LogP contribution in [0.1, 0.15) is 29.5 Å². The number of benzene rings is 1. The van der Waals surface area contributed by atoms with Crippen molar-refractivity contribution in [3.8, 4) is 0 Å². The Balaban J connectivity index is 1.92. The highest BCUT2D eigenvalue weighted by atomic mass is 19.1. The van der Waals surface area contributed by atoms with E-state index < -0.39 is 11.8 Å². The Morgan fingerprint density at radius 2 is 2.25 bits per heavy atom. The normalized spacial score (nSPS) is 12.1. The summed E-state index contributed by atoms with van der Waals surface area (Å²) in [7, 11) is 0. The van der Waals surface area contributed by atoms with E-state index in [1.165, 1.54) is 12.1 Å². The Hall–Kier alpha value is -2.30. The number of carboxylic acids is 1. The van der Waals surface area contributed by atoms with Crippen LogP contribution in [0.15, 0.2) is 41.0 Å². The maximum absolute atomic E-state index is 13.5. The molecule has 5 heteroatoms. The molecule has 4 nitrogen and oxygen atoms in total. The van der Waals surface area contributed by atoms with Gasteiger partial charge in [-0.05, 0) is 43.7 Å². The largest absolute Gasteiger partial charge is 0.478 e. The molecular formula is C15H16FNO3. The van der Waals surface area contributed by atoms with E-state index in [1.807, 2.05) is 19.1 Å². The minimum absolute atomic E-state index is 0.121. The smallest absolute Gasteiger partial charge is 0.338 e. The first-order valence-corrected chi connectivity index (χ1v) is 6.38. The molecule has 0 saturated carbocycles. The fourth-order valence-electron chi connectivity index (χ4n) is 1.95. The Kier molecular flexibility index (Phi) is 4.40. The van der Waals surface area contributed by atoms with Gasteiger partial charge in [-0.25, -0.2) is 9.18 Å². The number of aromatic carboxylic acids is 1. The van der Waals surface area contributed by atoms with Crippen molar-refractivity contribution in [3.63, 3.8) is 0 Å². The molecule has 0 aliphatic heterocycles. The maximum atomic E-state index is 13.5. The lowest BCUT2D eigenvalue weighted by atomic mass is 10.1. The Bertz CT molecular complexity index is 581. The number of halogens is 1. The van der Waals surface area contributed by atoms with E-state index in [0.717, 1.165) is 18.6 Å². The van der Waals surface area contributed by atoms with Crippen LogP contribution >= 0.6 is 0 Å². The number of furan rings is 1. The molecule has 0 aliphatic rings. The number of carboxylic acid groups (broad SMARTS) is 1. The summed E-state index contributed by atoms with van der Waals surface area (Å²) in [4.78, 5) is 10.7. The van der Waals surface area contributed by atoms with Crippen molar-refractivity contribution in [2.45, 2.75) is 25.8 Å². The van der Waals surface area contributed by atoms with Gasteiger partial charge in [0, 0.05) is 18.2 Å². The molecule has 0 fully saturated rings. The third-order valence-corrected chi connectivity index (χ3v) is 3.02. The molecule has 1 unspecified atom stereocenters. The molecule has 0 amide bonds. The summed E-state index contributed by atoms with van der Waals surface area (Å²) in [5, 5.41) is 11.9. The fraction of sp³-hybridized carbons (Fsp3) is 0.267. The average Bonchev–Trinajstić information content (AvgIpc) is 2.89. The third-order valence-electron chi connectivity index (χ3n) is 3.02. The Labute approximate surface area is 116 Å². The molecular weight excluding hydrogens is 261 g/mol. The first-order valence-electron chi connectivity index (χ1n) is 6.38. The molecule has 2 rings (SSSR count). The number of rotatable bonds is 6. The molecule has 1 atom stereocenters. The van der Waals surface area contributed by atoms with Gasteiger partial charge in [-0.15, -0.1) is 0 Å². The monoisotopic (exact) mass is 277 g/mol. The lowest BCUT2D eigenvalue weighted by molar-refractivity contribution is 0.0692. The number of nitrogens with one attached hydrogen (secondary N) is 1. The average molecular weight is 277 g/mol. The van der Waals surface area contributed by atoms with Crippen LogP contribution in [0.4, 0.5) is 10.1 Å². The van der Waals surface area contributed by atoms with Crippen molar-refractivity contribution in [3.05, 3.63) is 53.7 Å². The van der Waals surface area contributed by atoms with Crippen molar-refractivity contribution in [1.82, 2.24) is 0 Å². The quantitative estimate of drug-likeness (QED) is 0.847. The summed E-state index contributed by atoms with van der Waals surface area (Å²) in [5.74, 6) is -1.09. The molecule has 106 valence electrons. The van der Waals surface area contributed by atoms with Gasteiger partial charge >= 0.3 is 5.97 Å². The number of hydrogen-bond donors (Lipinski definition) is 2. The second-order valence-corrected chi connectivity index (χ2v) is 4.66. The van der Waals surface area contributed by atoms with Crippen LogP contribution < -0.4 is 5.32 Å². The van der Waals surface area contributed by atoms with E-state index in [4.69, 9.17) is 9.52 Å². The number of aryl methyl sites for hydroxylation is 1. The van der Waals surface area contributed by atoms with Crippen molar-refractivity contribution in [1.29, 1.82) is 0 Å². The summed E-state index contributed by atoms with van der Waals surface area (Å²) in [6.45, 7) is 1.98. The minimum atomic E-state index is -1.26. The van der Waals surface area contributed by atoms with Gasteiger partial charge in [0.05, 0.1) is 11.8 Å². The predicted molar refractivity (Wildman–Crippen MR) is 73.5 cm³/mol. The van der Waals surface area contributed by atoms with Gasteiger partial charge in [-0.3, -0.25) is 0 Å². The zero-order valence-electron chi connectivity index (χ0n) is 11.1. The molecule has 2 N–H and O–H groups in total. The number of anilines is 1. The van der Waals surface area contributed by atoms with Crippen LogP contribution in [0.3, 0.4) is 0 Å². The van der Waals surface area contributed by atoms with Crippen molar-refractivity contribution in [2.24, 2.45) is 0 Å². The number of hydrogen-bond acceptors (Lipinski definition) is 3. The molecule has 1 heterocycles. The Morgan fingerprint density at radius 1 is 1.45 bits per heavy atom. The van der Waals surface area contributed by atoms with Crippen LogP contribution in [0.5, 0.6) is 0 Å². The van der Waals surface area contributed by atoms with E-state index in [0.29, 0.717) is 5.69 Å². The first kappa shape index (κ1) is 14.1. The van der Waals surface area contributed by atoms with Crippen molar-refractivity contribution in [2.75, 3.05) is 5.32 Å². The summed E-state index contributed by atoms with van der Waals surface area (Å²) in [6, 6.07) is 7.90. The maximum Gasteiger partial charge on any atom is 0.338 e. The SMILES string of the molecule is CC(CCc1ccco1)Nc1ccc(C(=O)O)c(F)c1. The summed E-state index contributed by atoms with van der Waals surface area (Å²) in [6.07, 6.45) is 3.25. The third kappa shape index (κ3) is 3.60. The zero-order chi connectivity index (χ0) is 14.5. The van der Waals surface area contributed by atoms with Crippen LogP contribution in [-0.2, 0) is 6.42 Å². The van der Waals surface area contributed by atoms with Crippen molar-refractivity contribution >= 4 is 11.7 Å². The van der Waals surface area contributed by atoms with Gasteiger partial charge in [-0.2, -0.15) is 0 Å². The van der Waals surface area contributed by atoms with Gasteiger partial charge in [-0.1, -0.05) is 0 Å². The van der Waals surface area contributed by atoms with Crippen molar-refractivity contribution < 1.29 is 18.7 Å². The second kappa shape index (κ2) is 6.23. The first-order chi connectivity index (χ1) is 9.56. The fourth-order valence-corrected chi connectivity index (χ4v) is 1.95. The minimum Gasteiger partial charge on any atom is -0.478 e. The standard InChI is InChI=1S/C15H16FNO3/c1-10(4-6-12-3-2-8-20-12)17-11-5-7-13(15(18)19)14(16)9-11/h2-3,5,7-10,17H,4,6H2,1H3,(H,18,19). The summed E-state index contributed by atoms with van der Waals surface area (Å²) < 4.78 is 18.8. The molecule has 1 aromatic heterocycles. The zero-order valence-corrected chi connectivity index (χ0v) is 11.1. The summed E-state index contributed by atoms with van der Waals surface area (Å²) in [5.41, 5.74) is 0.248. The Morgan fingerprint density at radius 3 is 2.85 bits per heavy atom. The van der Waals surface area contributed by atoms with Crippen LogP contribution in [0.25, 0.3) is 0 Å². The lowest BCUT2D eigenvalue weighted by Gasteiger charge is -2.15. The van der Waals surface area contributed by atoms with Gasteiger partial charge in [0.25, 0.3) is 0 Å². The van der Waals surface area contributed by atoms with Crippen LogP contribution in [0, 0.1) is 5.82 Å². The number of carbonyl (C=O) groups is 1. The highest BCUT2D eigenvalue weighted by Gasteiger charge is 2.11. The van der Waals surface area contributed by atoms with Crippen LogP contribution in [0.2, 0.25) is 0 Å². The van der Waals surface area contributed by atoms with Gasteiger partial charge < -0.3 is 14.8 Å². The lowest BCUT2D eigenvalue weighted by Crippen LogP contribution is -2.16. The van der Waals surface area contributed by atoms with E-state index in [9.17, 15) is 9.18 Å². The summed E-state index contributed by atoms with van der Waals surface area (Å²) >= 11 is 0. The van der Waals surface area contributed by atoms with E-state index >= 15 is 0 Å². The molecule has 2 aromatic rings. The topological polar surface area (TPSA) is 62.5 Å². The van der Waals surface area contributed by atoms with Gasteiger partial charge in [0.15, 0.2) is 0 Å². The van der Waals surface area contributed by atoms with Gasteiger partial charge in [0.2, 0.25) is 0 Å².